The molecule has 92 valence electrons. The van der Waals surface area contributed by atoms with Gasteiger partial charge in [-0.2, -0.15) is 0 Å². The molecule has 0 heterocycles. The third-order valence-corrected chi connectivity index (χ3v) is 1.69. The van der Waals surface area contributed by atoms with Crippen LogP contribution in [0.3, 0.4) is 0 Å². The number of amides is 1. The molecule has 0 radical (unpaired) electrons. The quantitative estimate of drug-likeness (QED) is 0.698. The summed E-state index contributed by atoms with van der Waals surface area (Å²) >= 11 is 0. The molecule has 0 saturated heterocycles. The van der Waals surface area contributed by atoms with E-state index in [1.807, 2.05) is 0 Å². The molecule has 0 saturated carbocycles. The Balaban J connectivity index is 0. The Kier molecular flexibility index (Phi) is 17.4. The average molecular weight is 219 g/mol. The molecule has 0 unspecified atom stereocenters. The van der Waals surface area contributed by atoms with Crippen molar-refractivity contribution < 1.29 is 14.3 Å². The van der Waals surface area contributed by atoms with Gasteiger partial charge >= 0.3 is 6.09 Å². The number of methoxy groups -OCH3 is 2. The van der Waals surface area contributed by atoms with Crippen molar-refractivity contribution in [2.75, 3.05) is 27.4 Å². The van der Waals surface area contributed by atoms with Gasteiger partial charge in [0.25, 0.3) is 0 Å². The first kappa shape index (κ1) is 16.7. The minimum absolute atomic E-state index is 0.344. The highest BCUT2D eigenvalue weighted by Gasteiger charge is 1.93. The number of unbranched alkanes of at least 4 members (excludes halogenated alkanes) is 2. The highest BCUT2D eigenvalue weighted by Crippen LogP contribution is 1.83. The van der Waals surface area contributed by atoms with Crippen molar-refractivity contribution in [3.8, 4) is 0 Å². The van der Waals surface area contributed by atoms with Crippen LogP contribution < -0.4 is 5.32 Å². The van der Waals surface area contributed by atoms with Crippen LogP contribution in [0.4, 0.5) is 4.79 Å². The summed E-state index contributed by atoms with van der Waals surface area (Å²) in [4.78, 5) is 10.4. The number of carbonyl (C=O) groups is 1. The lowest BCUT2D eigenvalue weighted by Crippen LogP contribution is -2.23. The molecule has 0 aromatic rings. The average Bonchev–Trinajstić information content (AvgIpc) is 2.27. The molecule has 4 nitrogen and oxygen atoms in total. The number of alkyl carbamates (subject to hydrolysis) is 1. The fourth-order valence-corrected chi connectivity index (χ4v) is 0.728. The van der Waals surface area contributed by atoms with Crippen molar-refractivity contribution in [2.45, 2.75) is 39.5 Å². The van der Waals surface area contributed by atoms with Crippen molar-refractivity contribution in [3.05, 3.63) is 0 Å². The second-order valence-corrected chi connectivity index (χ2v) is 3.12. The van der Waals surface area contributed by atoms with Gasteiger partial charge < -0.3 is 14.8 Å². The maximum absolute atomic E-state index is 10.4. The van der Waals surface area contributed by atoms with E-state index in [1.165, 1.54) is 20.0 Å². The maximum atomic E-state index is 10.4. The first-order valence-electron chi connectivity index (χ1n) is 5.53. The molecule has 0 bridgehead atoms. The second kappa shape index (κ2) is 15.7. The first-order chi connectivity index (χ1) is 7.22. The van der Waals surface area contributed by atoms with Crippen LogP contribution in [-0.2, 0) is 9.47 Å². The predicted molar refractivity (Wildman–Crippen MR) is 62.1 cm³/mol. The topological polar surface area (TPSA) is 47.6 Å². The SMILES string of the molecule is CCCCNC(=O)OC.CCCCOC. The summed E-state index contributed by atoms with van der Waals surface area (Å²) in [6.07, 6.45) is 4.17. The molecule has 4 heteroatoms. The zero-order valence-electron chi connectivity index (χ0n) is 10.5. The summed E-state index contributed by atoms with van der Waals surface area (Å²) in [7, 11) is 3.09. The van der Waals surface area contributed by atoms with Crippen molar-refractivity contribution >= 4 is 6.09 Å². The molecular weight excluding hydrogens is 194 g/mol. The fourth-order valence-electron chi connectivity index (χ4n) is 0.728. The Morgan fingerprint density at radius 3 is 2.07 bits per heavy atom. The van der Waals surface area contributed by atoms with Gasteiger partial charge in [-0.15, -0.1) is 0 Å². The molecule has 0 atom stereocenters. The van der Waals surface area contributed by atoms with E-state index in [0.717, 1.165) is 19.4 Å². The molecule has 15 heavy (non-hydrogen) atoms. The van der Waals surface area contributed by atoms with Gasteiger partial charge in [-0.1, -0.05) is 26.7 Å². The number of nitrogens with one attached hydrogen (secondary N) is 1. The Labute approximate surface area is 93.3 Å². The van der Waals surface area contributed by atoms with Gasteiger partial charge in [0.1, 0.15) is 0 Å². The van der Waals surface area contributed by atoms with E-state index in [2.05, 4.69) is 23.9 Å². The second-order valence-electron chi connectivity index (χ2n) is 3.12. The van der Waals surface area contributed by atoms with Crippen LogP contribution in [0.15, 0.2) is 0 Å². The van der Waals surface area contributed by atoms with Gasteiger partial charge in [0, 0.05) is 20.3 Å². The van der Waals surface area contributed by atoms with E-state index in [0.29, 0.717) is 6.54 Å². The molecule has 1 amide bonds. The highest BCUT2D eigenvalue weighted by molar-refractivity contribution is 5.66. The Morgan fingerprint density at radius 2 is 1.73 bits per heavy atom. The largest absolute Gasteiger partial charge is 0.453 e. The number of hydrogen-bond donors (Lipinski definition) is 1. The molecule has 0 fully saturated rings. The van der Waals surface area contributed by atoms with E-state index >= 15 is 0 Å². The Hall–Kier alpha value is -0.770. The van der Waals surface area contributed by atoms with Crippen LogP contribution in [0.1, 0.15) is 39.5 Å². The zero-order valence-corrected chi connectivity index (χ0v) is 10.5. The lowest BCUT2D eigenvalue weighted by atomic mass is 10.3. The molecule has 0 aliphatic heterocycles. The van der Waals surface area contributed by atoms with E-state index in [1.54, 1.807) is 7.11 Å². The van der Waals surface area contributed by atoms with Crippen LogP contribution in [0.25, 0.3) is 0 Å². The zero-order chi connectivity index (χ0) is 11.9. The standard InChI is InChI=1S/C6H13NO2.C5H12O/c1-3-4-5-7-6(8)9-2;1-3-4-5-6-2/h3-5H2,1-2H3,(H,7,8);3-5H2,1-2H3. The Morgan fingerprint density at radius 1 is 1.13 bits per heavy atom. The molecule has 0 rings (SSSR count). The van der Waals surface area contributed by atoms with Crippen molar-refractivity contribution in [2.24, 2.45) is 0 Å². The third-order valence-electron chi connectivity index (χ3n) is 1.69. The van der Waals surface area contributed by atoms with Gasteiger partial charge in [-0.25, -0.2) is 4.79 Å². The number of rotatable bonds is 6. The van der Waals surface area contributed by atoms with Gasteiger partial charge in [0.2, 0.25) is 0 Å². The summed E-state index contributed by atoms with van der Waals surface area (Å²) in [5.41, 5.74) is 0. The molecule has 1 N–H and O–H groups in total. The normalized spacial score (nSPS) is 8.80. The molecular formula is C11H25NO3. The minimum Gasteiger partial charge on any atom is -0.453 e. The molecule has 0 spiro atoms. The first-order valence-corrected chi connectivity index (χ1v) is 5.53. The van der Waals surface area contributed by atoms with Crippen LogP contribution in [0, 0.1) is 0 Å². The van der Waals surface area contributed by atoms with E-state index in [9.17, 15) is 4.79 Å². The summed E-state index contributed by atoms with van der Waals surface area (Å²) in [6.45, 7) is 5.84. The lowest BCUT2D eigenvalue weighted by Gasteiger charge is -1.99. The third kappa shape index (κ3) is 19.6. The number of carbonyl (C=O) groups excluding carboxylic acids is 1. The fraction of sp³-hybridized carbons (Fsp3) is 0.909. The molecule has 0 aromatic heterocycles. The van der Waals surface area contributed by atoms with Crippen LogP contribution >= 0.6 is 0 Å². The molecule has 0 aliphatic carbocycles. The monoisotopic (exact) mass is 219 g/mol. The number of ether oxygens (including phenoxy) is 2. The van der Waals surface area contributed by atoms with Gasteiger partial charge in [0.05, 0.1) is 7.11 Å². The summed E-state index contributed by atoms with van der Waals surface area (Å²) in [6, 6.07) is 0. The Bertz CT molecular complexity index is 125. The van der Waals surface area contributed by atoms with Crippen LogP contribution in [0.2, 0.25) is 0 Å². The van der Waals surface area contributed by atoms with E-state index < -0.39 is 0 Å². The van der Waals surface area contributed by atoms with E-state index in [-0.39, 0.29) is 6.09 Å². The van der Waals surface area contributed by atoms with Crippen LogP contribution in [0.5, 0.6) is 0 Å². The number of hydrogen-bond acceptors (Lipinski definition) is 3. The van der Waals surface area contributed by atoms with Gasteiger partial charge in [-0.3, -0.25) is 0 Å². The summed E-state index contributed by atoms with van der Waals surface area (Å²) < 4.78 is 9.13. The minimum atomic E-state index is -0.344. The summed E-state index contributed by atoms with van der Waals surface area (Å²) in [5.74, 6) is 0. The molecule has 0 aromatic carbocycles. The lowest BCUT2D eigenvalue weighted by molar-refractivity contribution is 0.171. The smallest absolute Gasteiger partial charge is 0.406 e. The summed E-state index contributed by atoms with van der Waals surface area (Å²) in [5, 5.41) is 2.57. The van der Waals surface area contributed by atoms with Gasteiger partial charge in [-0.05, 0) is 12.8 Å². The van der Waals surface area contributed by atoms with Gasteiger partial charge in [0.15, 0.2) is 0 Å². The maximum Gasteiger partial charge on any atom is 0.406 e. The van der Waals surface area contributed by atoms with E-state index in [4.69, 9.17) is 4.74 Å². The molecule has 0 aliphatic rings. The van der Waals surface area contributed by atoms with Crippen molar-refractivity contribution in [3.63, 3.8) is 0 Å². The van der Waals surface area contributed by atoms with Crippen molar-refractivity contribution in [1.82, 2.24) is 5.32 Å². The predicted octanol–water partition coefficient (Wildman–Crippen LogP) is 2.58. The van der Waals surface area contributed by atoms with Crippen molar-refractivity contribution in [1.29, 1.82) is 0 Å². The highest BCUT2D eigenvalue weighted by atomic mass is 16.5. The van der Waals surface area contributed by atoms with Crippen LogP contribution in [-0.4, -0.2) is 33.5 Å².